The number of amides is 2. The van der Waals surface area contributed by atoms with E-state index >= 15 is 0 Å². The Kier molecular flexibility index (Phi) is 4.08. The maximum atomic E-state index is 12.0. The van der Waals surface area contributed by atoms with E-state index in [9.17, 15) is 9.90 Å². The molecule has 0 saturated heterocycles. The van der Waals surface area contributed by atoms with Crippen molar-refractivity contribution >= 4 is 11.7 Å². The predicted octanol–water partition coefficient (Wildman–Crippen LogP) is 2.44. The van der Waals surface area contributed by atoms with Crippen LogP contribution < -0.4 is 20.1 Å². The third kappa shape index (κ3) is 3.54. The molecule has 6 nitrogen and oxygen atoms in total. The second kappa shape index (κ2) is 6.18. The first-order valence-corrected chi connectivity index (χ1v) is 7.27. The molecule has 120 valence electrons. The summed E-state index contributed by atoms with van der Waals surface area (Å²) in [6.07, 6.45) is 0. The average molecular weight is 314 g/mol. The van der Waals surface area contributed by atoms with Crippen LogP contribution in [0.1, 0.15) is 12.5 Å². The van der Waals surface area contributed by atoms with Gasteiger partial charge in [0.25, 0.3) is 0 Å². The number of hydrogen-bond donors (Lipinski definition) is 3. The van der Waals surface area contributed by atoms with Crippen LogP contribution in [0.5, 0.6) is 11.5 Å². The van der Waals surface area contributed by atoms with Crippen molar-refractivity contribution in [2.75, 3.05) is 18.7 Å². The van der Waals surface area contributed by atoms with Gasteiger partial charge in [0.2, 0.25) is 6.79 Å². The van der Waals surface area contributed by atoms with E-state index in [0.717, 1.165) is 5.56 Å². The highest BCUT2D eigenvalue weighted by Crippen LogP contribution is 2.34. The van der Waals surface area contributed by atoms with E-state index in [1.165, 1.54) is 0 Å². The normalized spacial score (nSPS) is 14.9. The number of hydrogen-bond acceptors (Lipinski definition) is 4. The minimum absolute atomic E-state index is 0.0907. The van der Waals surface area contributed by atoms with Crippen LogP contribution in [0.3, 0.4) is 0 Å². The lowest BCUT2D eigenvalue weighted by Crippen LogP contribution is -2.40. The van der Waals surface area contributed by atoms with Crippen molar-refractivity contribution in [1.82, 2.24) is 5.32 Å². The third-order valence-corrected chi connectivity index (χ3v) is 3.62. The Morgan fingerprint density at radius 1 is 1.17 bits per heavy atom. The summed E-state index contributed by atoms with van der Waals surface area (Å²) in [4.78, 5) is 12.0. The van der Waals surface area contributed by atoms with Crippen molar-refractivity contribution in [2.24, 2.45) is 0 Å². The molecule has 0 radical (unpaired) electrons. The number of carbonyl (C=O) groups excluding carboxylic acids is 1. The Morgan fingerprint density at radius 2 is 1.91 bits per heavy atom. The van der Waals surface area contributed by atoms with Crippen LogP contribution in [0.2, 0.25) is 0 Å². The van der Waals surface area contributed by atoms with Crippen molar-refractivity contribution in [3.05, 3.63) is 54.1 Å². The molecule has 0 fully saturated rings. The number of carbonyl (C=O) groups is 1. The molecular weight excluding hydrogens is 296 g/mol. The number of nitrogens with one attached hydrogen (secondary N) is 2. The second-order valence-corrected chi connectivity index (χ2v) is 5.52. The molecule has 1 heterocycles. The van der Waals surface area contributed by atoms with Crippen LogP contribution >= 0.6 is 0 Å². The first kappa shape index (κ1) is 15.2. The lowest BCUT2D eigenvalue weighted by atomic mass is 9.96. The molecular formula is C17H18N2O4. The summed E-state index contributed by atoms with van der Waals surface area (Å²) in [7, 11) is 0. The fourth-order valence-corrected chi connectivity index (χ4v) is 2.30. The lowest BCUT2D eigenvalue weighted by molar-refractivity contribution is 0.0599. The molecule has 1 atom stereocenters. The zero-order valence-electron chi connectivity index (χ0n) is 12.7. The highest BCUT2D eigenvalue weighted by molar-refractivity contribution is 5.89. The number of urea groups is 1. The van der Waals surface area contributed by atoms with Gasteiger partial charge in [-0.15, -0.1) is 0 Å². The topological polar surface area (TPSA) is 79.8 Å². The summed E-state index contributed by atoms with van der Waals surface area (Å²) >= 11 is 0. The molecule has 6 heteroatoms. The van der Waals surface area contributed by atoms with Gasteiger partial charge in [0, 0.05) is 11.8 Å². The summed E-state index contributed by atoms with van der Waals surface area (Å²) in [5, 5.41) is 15.8. The summed E-state index contributed by atoms with van der Waals surface area (Å²) in [6, 6.07) is 13.9. The second-order valence-electron chi connectivity index (χ2n) is 5.52. The van der Waals surface area contributed by atoms with Crippen molar-refractivity contribution in [1.29, 1.82) is 0 Å². The van der Waals surface area contributed by atoms with Crippen molar-refractivity contribution in [3.63, 3.8) is 0 Å². The van der Waals surface area contributed by atoms with Crippen molar-refractivity contribution < 1.29 is 19.4 Å². The third-order valence-electron chi connectivity index (χ3n) is 3.62. The number of aliphatic hydroxyl groups is 1. The summed E-state index contributed by atoms with van der Waals surface area (Å²) in [5.41, 5.74) is 0.183. The summed E-state index contributed by atoms with van der Waals surface area (Å²) in [6.45, 7) is 1.93. The van der Waals surface area contributed by atoms with Crippen LogP contribution in [0.4, 0.5) is 10.5 Å². The van der Waals surface area contributed by atoms with Gasteiger partial charge in [0.05, 0.1) is 6.54 Å². The maximum absolute atomic E-state index is 12.0. The molecule has 3 N–H and O–H groups in total. The van der Waals surface area contributed by atoms with Crippen LogP contribution in [-0.2, 0) is 5.60 Å². The van der Waals surface area contributed by atoms with E-state index < -0.39 is 11.6 Å². The van der Waals surface area contributed by atoms with Gasteiger partial charge in [0.1, 0.15) is 5.60 Å². The maximum Gasteiger partial charge on any atom is 0.319 e. The van der Waals surface area contributed by atoms with Gasteiger partial charge in [-0.2, -0.15) is 0 Å². The Labute approximate surface area is 134 Å². The van der Waals surface area contributed by atoms with E-state index in [4.69, 9.17) is 9.47 Å². The Morgan fingerprint density at radius 3 is 2.70 bits per heavy atom. The highest BCUT2D eigenvalue weighted by atomic mass is 16.7. The molecule has 2 aromatic carbocycles. The Bertz CT molecular complexity index is 701. The minimum Gasteiger partial charge on any atom is -0.454 e. The Hall–Kier alpha value is -2.73. The fraction of sp³-hybridized carbons (Fsp3) is 0.235. The zero-order valence-corrected chi connectivity index (χ0v) is 12.7. The highest BCUT2D eigenvalue weighted by Gasteiger charge is 2.23. The first-order chi connectivity index (χ1) is 11.0. The molecule has 0 aromatic heterocycles. The molecule has 23 heavy (non-hydrogen) atoms. The number of ether oxygens (including phenoxy) is 2. The first-order valence-electron chi connectivity index (χ1n) is 7.27. The van der Waals surface area contributed by atoms with E-state index in [1.807, 2.05) is 30.3 Å². The van der Waals surface area contributed by atoms with Crippen LogP contribution in [0.25, 0.3) is 0 Å². The van der Waals surface area contributed by atoms with Crippen LogP contribution in [0.15, 0.2) is 48.5 Å². The van der Waals surface area contributed by atoms with Gasteiger partial charge in [-0.25, -0.2) is 4.79 Å². The fourth-order valence-electron chi connectivity index (χ4n) is 2.30. The number of rotatable bonds is 4. The van der Waals surface area contributed by atoms with Gasteiger partial charge in [0.15, 0.2) is 11.5 Å². The van der Waals surface area contributed by atoms with E-state index in [1.54, 1.807) is 25.1 Å². The minimum atomic E-state index is -1.15. The SMILES string of the molecule is CC(O)(CNC(=O)Nc1ccc2c(c1)OCO2)c1ccccc1. The largest absolute Gasteiger partial charge is 0.454 e. The van der Waals surface area contributed by atoms with Gasteiger partial charge >= 0.3 is 6.03 Å². The molecule has 0 spiro atoms. The van der Waals surface area contributed by atoms with E-state index in [-0.39, 0.29) is 13.3 Å². The van der Waals surface area contributed by atoms with Crippen LogP contribution in [0, 0.1) is 0 Å². The lowest BCUT2D eigenvalue weighted by Gasteiger charge is -2.24. The molecule has 2 amide bonds. The standard InChI is InChI=1S/C17H18N2O4/c1-17(21,12-5-3-2-4-6-12)10-18-16(20)19-13-7-8-14-15(9-13)23-11-22-14/h2-9,21H,10-11H2,1H3,(H2,18,19,20). The van der Waals surface area contributed by atoms with E-state index in [0.29, 0.717) is 17.2 Å². The Balaban J connectivity index is 1.57. The van der Waals surface area contributed by atoms with Crippen molar-refractivity contribution in [2.45, 2.75) is 12.5 Å². The van der Waals surface area contributed by atoms with E-state index in [2.05, 4.69) is 10.6 Å². The summed E-state index contributed by atoms with van der Waals surface area (Å²) < 4.78 is 10.5. The molecule has 2 aromatic rings. The number of benzene rings is 2. The molecule has 1 unspecified atom stereocenters. The molecule has 1 aliphatic rings. The molecule has 1 aliphatic heterocycles. The molecule has 0 saturated carbocycles. The zero-order chi connectivity index (χ0) is 16.3. The van der Waals surface area contributed by atoms with Gasteiger partial charge in [-0.3, -0.25) is 0 Å². The van der Waals surface area contributed by atoms with Gasteiger partial charge in [-0.05, 0) is 24.6 Å². The van der Waals surface area contributed by atoms with Crippen LogP contribution in [-0.4, -0.2) is 24.5 Å². The molecule has 0 aliphatic carbocycles. The number of fused-ring (bicyclic) bond motifs is 1. The quantitative estimate of drug-likeness (QED) is 0.810. The smallest absolute Gasteiger partial charge is 0.319 e. The number of anilines is 1. The van der Waals surface area contributed by atoms with Gasteiger partial charge < -0.3 is 25.2 Å². The monoisotopic (exact) mass is 314 g/mol. The average Bonchev–Trinajstić information content (AvgIpc) is 3.02. The van der Waals surface area contributed by atoms with Gasteiger partial charge in [-0.1, -0.05) is 30.3 Å². The molecule has 0 bridgehead atoms. The van der Waals surface area contributed by atoms with Crippen molar-refractivity contribution in [3.8, 4) is 11.5 Å². The summed E-state index contributed by atoms with van der Waals surface area (Å²) in [5.74, 6) is 1.25. The predicted molar refractivity (Wildman–Crippen MR) is 85.6 cm³/mol. The molecule has 3 rings (SSSR count).